The van der Waals surface area contributed by atoms with Gasteiger partial charge in [-0.25, -0.2) is 19.6 Å². The second kappa shape index (κ2) is 7.94. The fourth-order valence-electron chi connectivity index (χ4n) is 3.51. The summed E-state index contributed by atoms with van der Waals surface area (Å²) in [5, 5.41) is 9.38. The number of aryl methyl sites for hydroxylation is 2. The number of hydrogen-bond donors (Lipinski definition) is 1. The minimum atomic E-state index is -1.09. The zero-order valence-electron chi connectivity index (χ0n) is 16.8. The lowest BCUT2D eigenvalue weighted by molar-refractivity contribution is 0.0696. The van der Waals surface area contributed by atoms with E-state index in [2.05, 4.69) is 15.0 Å². The lowest BCUT2D eigenvalue weighted by atomic mass is 10.2. The number of carboxylic acid groups (broad SMARTS) is 1. The molecule has 0 aliphatic heterocycles. The Kier molecular flexibility index (Phi) is 5.18. The molecule has 0 aliphatic carbocycles. The van der Waals surface area contributed by atoms with Crippen LogP contribution in [0.25, 0.3) is 11.2 Å². The maximum atomic E-state index is 13.3. The number of carboxylic acids is 1. The molecule has 0 atom stereocenters. The van der Waals surface area contributed by atoms with Gasteiger partial charge in [0.25, 0.3) is 0 Å². The van der Waals surface area contributed by atoms with Crippen molar-refractivity contribution < 1.29 is 9.90 Å². The third kappa shape index (κ3) is 3.61. The molecule has 9 nitrogen and oxygen atoms in total. The zero-order chi connectivity index (χ0) is 21.3. The Morgan fingerprint density at radius 3 is 2.67 bits per heavy atom. The molecule has 0 bridgehead atoms. The van der Waals surface area contributed by atoms with Crippen molar-refractivity contribution >= 4 is 17.1 Å². The van der Waals surface area contributed by atoms with Crippen molar-refractivity contribution in [3.8, 4) is 0 Å². The Balaban J connectivity index is 1.80. The first-order valence-electron chi connectivity index (χ1n) is 9.69. The first-order valence-corrected chi connectivity index (χ1v) is 9.69. The molecule has 0 aromatic carbocycles. The van der Waals surface area contributed by atoms with E-state index in [0.717, 1.165) is 11.5 Å². The molecule has 9 heteroatoms. The zero-order valence-corrected chi connectivity index (χ0v) is 16.8. The Labute approximate surface area is 172 Å². The van der Waals surface area contributed by atoms with E-state index in [1.54, 1.807) is 17.0 Å². The summed E-state index contributed by atoms with van der Waals surface area (Å²) >= 11 is 0. The standard InChI is InChI=1S/C21H22N6O3/c1-14(2)25-10-8-23-18(25)13-27-17-11-15(20(28)29)12-24-19(17)26(21(27)30)9-6-16-5-3-4-7-22-16/h3-5,7-8,10-12,14H,6,9,13H2,1-2H3,(H,28,29). The number of hydrogen-bond acceptors (Lipinski definition) is 5. The van der Waals surface area contributed by atoms with Crippen molar-refractivity contribution in [2.45, 2.75) is 39.4 Å². The molecule has 4 rings (SSSR count). The number of rotatable bonds is 7. The van der Waals surface area contributed by atoms with Crippen LogP contribution in [0, 0.1) is 0 Å². The van der Waals surface area contributed by atoms with Crippen molar-refractivity contribution in [2.75, 3.05) is 0 Å². The fourth-order valence-corrected chi connectivity index (χ4v) is 3.51. The smallest absolute Gasteiger partial charge is 0.337 e. The lowest BCUT2D eigenvalue weighted by Gasteiger charge is -2.11. The highest BCUT2D eigenvalue weighted by Crippen LogP contribution is 2.16. The first-order chi connectivity index (χ1) is 14.5. The Bertz CT molecular complexity index is 1250. The first kappa shape index (κ1) is 19.6. The van der Waals surface area contributed by atoms with Crippen molar-refractivity contribution in [3.05, 3.63) is 76.6 Å². The predicted molar refractivity (Wildman–Crippen MR) is 111 cm³/mol. The molecule has 4 aromatic rings. The van der Waals surface area contributed by atoms with E-state index < -0.39 is 5.97 Å². The highest BCUT2D eigenvalue weighted by Gasteiger charge is 2.19. The molecule has 0 unspecified atom stereocenters. The van der Waals surface area contributed by atoms with Gasteiger partial charge in [0.2, 0.25) is 0 Å². The highest BCUT2D eigenvalue weighted by molar-refractivity contribution is 5.91. The van der Waals surface area contributed by atoms with Gasteiger partial charge in [0.05, 0.1) is 17.6 Å². The fraction of sp³-hybridized carbons (Fsp3) is 0.286. The molecule has 154 valence electrons. The third-order valence-corrected chi connectivity index (χ3v) is 5.02. The maximum Gasteiger partial charge on any atom is 0.337 e. The number of pyridine rings is 2. The molecule has 0 amide bonds. The molecule has 4 heterocycles. The molecule has 30 heavy (non-hydrogen) atoms. The summed E-state index contributed by atoms with van der Waals surface area (Å²) in [5.41, 5.74) is 1.56. The summed E-state index contributed by atoms with van der Waals surface area (Å²) < 4.78 is 5.09. The van der Waals surface area contributed by atoms with Crippen LogP contribution in [-0.4, -0.2) is 39.7 Å². The van der Waals surface area contributed by atoms with Gasteiger partial charge in [-0.2, -0.15) is 0 Å². The molecule has 0 saturated carbocycles. The minimum absolute atomic E-state index is 0.0327. The maximum absolute atomic E-state index is 13.3. The second-order valence-electron chi connectivity index (χ2n) is 7.31. The summed E-state index contributed by atoms with van der Waals surface area (Å²) in [6.07, 6.45) is 7.11. The van der Waals surface area contributed by atoms with Crippen LogP contribution < -0.4 is 5.69 Å². The van der Waals surface area contributed by atoms with Gasteiger partial charge in [0.1, 0.15) is 5.82 Å². The average molecular weight is 406 g/mol. The summed E-state index contributed by atoms with van der Waals surface area (Å²) in [6, 6.07) is 7.32. The Hall–Kier alpha value is -3.75. The summed E-state index contributed by atoms with van der Waals surface area (Å²) in [7, 11) is 0. The van der Waals surface area contributed by atoms with Gasteiger partial charge in [-0.05, 0) is 32.0 Å². The van der Waals surface area contributed by atoms with E-state index in [1.807, 2.05) is 42.8 Å². The van der Waals surface area contributed by atoms with Gasteiger partial charge in [-0.3, -0.25) is 14.1 Å². The van der Waals surface area contributed by atoms with Crippen molar-refractivity contribution in [1.82, 2.24) is 28.7 Å². The third-order valence-electron chi connectivity index (χ3n) is 5.02. The lowest BCUT2D eigenvalue weighted by Crippen LogP contribution is -2.26. The summed E-state index contributed by atoms with van der Waals surface area (Å²) in [4.78, 5) is 37.7. The van der Waals surface area contributed by atoms with Crippen LogP contribution in [0.4, 0.5) is 0 Å². The molecule has 0 fully saturated rings. The molecule has 0 spiro atoms. The molecular weight excluding hydrogens is 384 g/mol. The SMILES string of the molecule is CC(C)n1ccnc1Cn1c(=O)n(CCc2ccccn2)c2ncc(C(=O)O)cc21. The number of carbonyl (C=O) groups is 1. The van der Waals surface area contributed by atoms with Crippen LogP contribution in [0.15, 0.2) is 53.8 Å². The van der Waals surface area contributed by atoms with Crippen LogP contribution >= 0.6 is 0 Å². The van der Waals surface area contributed by atoms with Crippen molar-refractivity contribution in [3.63, 3.8) is 0 Å². The minimum Gasteiger partial charge on any atom is -0.478 e. The molecule has 0 aliphatic rings. The Morgan fingerprint density at radius 1 is 1.13 bits per heavy atom. The highest BCUT2D eigenvalue weighted by atomic mass is 16.4. The van der Waals surface area contributed by atoms with Crippen LogP contribution in [-0.2, 0) is 19.5 Å². The topological polar surface area (TPSA) is 108 Å². The largest absolute Gasteiger partial charge is 0.478 e. The molecule has 1 N–H and O–H groups in total. The van der Waals surface area contributed by atoms with E-state index >= 15 is 0 Å². The van der Waals surface area contributed by atoms with E-state index in [-0.39, 0.29) is 23.8 Å². The van der Waals surface area contributed by atoms with Crippen LogP contribution in [0.5, 0.6) is 0 Å². The molecular formula is C21H22N6O3. The second-order valence-corrected chi connectivity index (χ2v) is 7.31. The van der Waals surface area contributed by atoms with Gasteiger partial charge < -0.3 is 9.67 Å². The van der Waals surface area contributed by atoms with Gasteiger partial charge in [0, 0.05) is 49.5 Å². The average Bonchev–Trinajstić information content (AvgIpc) is 3.30. The predicted octanol–water partition coefficient (Wildman–Crippen LogP) is 2.36. The Morgan fingerprint density at radius 2 is 1.97 bits per heavy atom. The van der Waals surface area contributed by atoms with E-state index in [9.17, 15) is 14.7 Å². The number of aromatic nitrogens is 6. The summed E-state index contributed by atoms with van der Waals surface area (Å²) in [5.74, 6) is -0.370. The van der Waals surface area contributed by atoms with Crippen molar-refractivity contribution in [2.24, 2.45) is 0 Å². The van der Waals surface area contributed by atoms with Gasteiger partial charge in [-0.1, -0.05) is 6.07 Å². The number of imidazole rings is 2. The van der Waals surface area contributed by atoms with E-state index in [0.29, 0.717) is 24.1 Å². The molecule has 4 aromatic heterocycles. The normalized spacial score (nSPS) is 11.4. The molecule has 0 saturated heterocycles. The monoisotopic (exact) mass is 406 g/mol. The van der Waals surface area contributed by atoms with E-state index in [1.165, 1.54) is 16.8 Å². The van der Waals surface area contributed by atoms with Crippen molar-refractivity contribution in [1.29, 1.82) is 0 Å². The number of aromatic carboxylic acids is 1. The van der Waals surface area contributed by atoms with Crippen LogP contribution in [0.3, 0.4) is 0 Å². The van der Waals surface area contributed by atoms with Gasteiger partial charge in [-0.15, -0.1) is 0 Å². The van der Waals surface area contributed by atoms with Gasteiger partial charge >= 0.3 is 11.7 Å². The van der Waals surface area contributed by atoms with E-state index in [4.69, 9.17) is 0 Å². The summed E-state index contributed by atoms with van der Waals surface area (Å²) in [6.45, 7) is 4.68. The molecule has 0 radical (unpaired) electrons. The van der Waals surface area contributed by atoms with Gasteiger partial charge in [0.15, 0.2) is 5.65 Å². The number of fused-ring (bicyclic) bond motifs is 1. The number of nitrogens with zero attached hydrogens (tertiary/aromatic N) is 6. The van der Waals surface area contributed by atoms with Crippen LogP contribution in [0.1, 0.15) is 41.8 Å². The van der Waals surface area contributed by atoms with Crippen LogP contribution in [0.2, 0.25) is 0 Å². The quantitative estimate of drug-likeness (QED) is 0.505.